The molecule has 1 aromatic rings. The number of methoxy groups -OCH3 is 1. The van der Waals surface area contributed by atoms with Crippen molar-refractivity contribution in [2.24, 2.45) is 0 Å². The van der Waals surface area contributed by atoms with Crippen molar-refractivity contribution in [3.05, 3.63) is 0 Å². The van der Waals surface area contributed by atoms with E-state index in [2.05, 4.69) is 25.6 Å². The lowest BCUT2D eigenvalue weighted by Crippen LogP contribution is -2.16. The molecule has 0 unspecified atom stereocenters. The van der Waals surface area contributed by atoms with Crippen molar-refractivity contribution in [3.63, 3.8) is 0 Å². The van der Waals surface area contributed by atoms with Crippen LogP contribution in [0.15, 0.2) is 0 Å². The average Bonchev–Trinajstić information content (AvgIpc) is 2.26. The zero-order valence-corrected chi connectivity index (χ0v) is 9.30. The van der Waals surface area contributed by atoms with E-state index < -0.39 is 12.6 Å². The summed E-state index contributed by atoms with van der Waals surface area (Å²) in [5, 5.41) is 5.09. The third kappa shape index (κ3) is 4.70. The molecule has 1 aromatic heterocycles. The third-order valence-electron chi connectivity index (χ3n) is 1.71. The predicted molar refractivity (Wildman–Crippen MR) is 55.1 cm³/mol. The fourth-order valence-corrected chi connectivity index (χ4v) is 0.955. The van der Waals surface area contributed by atoms with Crippen molar-refractivity contribution in [1.82, 2.24) is 15.0 Å². The molecule has 0 fully saturated rings. The summed E-state index contributed by atoms with van der Waals surface area (Å²) in [6.45, 7) is -0.306. The number of nitrogens with one attached hydrogen (secondary N) is 2. The van der Waals surface area contributed by atoms with Gasteiger partial charge in [0.25, 0.3) is 0 Å². The van der Waals surface area contributed by atoms with Crippen LogP contribution in [0.5, 0.6) is 6.01 Å². The maximum Gasteiger partial charge on any atom is 0.390 e. The first-order chi connectivity index (χ1) is 7.94. The van der Waals surface area contributed by atoms with Crippen molar-refractivity contribution in [2.45, 2.75) is 12.6 Å². The molecule has 0 aliphatic rings. The van der Waals surface area contributed by atoms with Crippen LogP contribution < -0.4 is 15.4 Å². The molecular formula is C8H12F3N5O. The first-order valence-corrected chi connectivity index (χ1v) is 4.73. The van der Waals surface area contributed by atoms with E-state index in [-0.39, 0.29) is 24.5 Å². The first kappa shape index (κ1) is 13.3. The second kappa shape index (κ2) is 5.51. The number of rotatable bonds is 5. The fourth-order valence-electron chi connectivity index (χ4n) is 0.955. The first-order valence-electron chi connectivity index (χ1n) is 4.73. The van der Waals surface area contributed by atoms with Gasteiger partial charge in [0.05, 0.1) is 13.5 Å². The van der Waals surface area contributed by atoms with Crippen LogP contribution in [0.3, 0.4) is 0 Å². The highest BCUT2D eigenvalue weighted by molar-refractivity contribution is 5.35. The van der Waals surface area contributed by atoms with Crippen LogP contribution in [-0.2, 0) is 0 Å². The monoisotopic (exact) mass is 251 g/mol. The quantitative estimate of drug-likeness (QED) is 0.821. The summed E-state index contributed by atoms with van der Waals surface area (Å²) in [6.07, 6.45) is -5.17. The molecule has 0 bridgehead atoms. The van der Waals surface area contributed by atoms with Gasteiger partial charge in [0.1, 0.15) is 0 Å². The topological polar surface area (TPSA) is 72.0 Å². The number of nitrogens with zero attached hydrogens (tertiary/aromatic N) is 3. The number of aromatic nitrogens is 3. The van der Waals surface area contributed by atoms with E-state index in [0.717, 1.165) is 0 Å². The highest BCUT2D eigenvalue weighted by Gasteiger charge is 2.26. The molecule has 9 heteroatoms. The molecular weight excluding hydrogens is 239 g/mol. The Morgan fingerprint density at radius 1 is 1.18 bits per heavy atom. The second-order valence-electron chi connectivity index (χ2n) is 3.01. The molecule has 0 saturated carbocycles. The Bertz CT molecular complexity index is 348. The number of hydrogen-bond acceptors (Lipinski definition) is 6. The van der Waals surface area contributed by atoms with Crippen LogP contribution in [0.4, 0.5) is 25.1 Å². The number of anilines is 2. The molecule has 0 aliphatic heterocycles. The maximum absolute atomic E-state index is 11.9. The number of halogens is 3. The Labute approximate surface area is 95.6 Å². The van der Waals surface area contributed by atoms with Gasteiger partial charge in [-0.15, -0.1) is 0 Å². The molecule has 0 spiro atoms. The minimum Gasteiger partial charge on any atom is -0.467 e. The molecule has 0 amide bonds. The third-order valence-corrected chi connectivity index (χ3v) is 1.71. The molecule has 0 aromatic carbocycles. The summed E-state index contributed by atoms with van der Waals surface area (Å²) in [5.41, 5.74) is 0. The molecule has 6 nitrogen and oxygen atoms in total. The van der Waals surface area contributed by atoms with Crippen molar-refractivity contribution in [1.29, 1.82) is 0 Å². The standard InChI is InChI=1S/C8H12F3N5O/c1-12-5-14-6(16-7(15-5)17-2)13-4-3-8(9,10)11/h3-4H2,1-2H3,(H2,12,13,14,15,16). The number of ether oxygens (including phenoxy) is 1. The van der Waals surface area contributed by atoms with Gasteiger partial charge >= 0.3 is 12.2 Å². The Hall–Kier alpha value is -1.80. The van der Waals surface area contributed by atoms with E-state index in [4.69, 9.17) is 4.74 Å². The van der Waals surface area contributed by atoms with Gasteiger partial charge in [-0.2, -0.15) is 28.1 Å². The molecule has 0 aliphatic carbocycles. The SMILES string of the molecule is CNc1nc(NCCC(F)(F)F)nc(OC)n1. The maximum atomic E-state index is 11.9. The van der Waals surface area contributed by atoms with Gasteiger partial charge in [0.15, 0.2) is 0 Å². The minimum absolute atomic E-state index is 0.0267. The zero-order valence-electron chi connectivity index (χ0n) is 9.30. The number of alkyl halides is 3. The van der Waals surface area contributed by atoms with Crippen LogP contribution in [0.2, 0.25) is 0 Å². The summed E-state index contributed by atoms with van der Waals surface area (Å²) in [6, 6.07) is 0.0267. The Balaban J connectivity index is 2.64. The Kier molecular flexibility index (Phi) is 4.30. The summed E-state index contributed by atoms with van der Waals surface area (Å²) in [4.78, 5) is 11.4. The summed E-state index contributed by atoms with van der Waals surface area (Å²) in [7, 11) is 2.93. The molecule has 0 atom stereocenters. The van der Waals surface area contributed by atoms with Crippen LogP contribution in [-0.4, -0.2) is 41.8 Å². The van der Waals surface area contributed by atoms with Crippen molar-refractivity contribution >= 4 is 11.9 Å². The highest BCUT2D eigenvalue weighted by Crippen LogP contribution is 2.19. The van der Waals surface area contributed by atoms with E-state index in [1.165, 1.54) is 7.11 Å². The van der Waals surface area contributed by atoms with E-state index in [1.54, 1.807) is 7.05 Å². The number of hydrogen-bond donors (Lipinski definition) is 2. The molecule has 1 heterocycles. The zero-order chi connectivity index (χ0) is 12.9. The molecule has 96 valence electrons. The summed E-state index contributed by atoms with van der Waals surface area (Å²) >= 11 is 0. The Morgan fingerprint density at radius 3 is 2.35 bits per heavy atom. The van der Waals surface area contributed by atoms with Gasteiger partial charge < -0.3 is 15.4 Å². The highest BCUT2D eigenvalue weighted by atomic mass is 19.4. The van der Waals surface area contributed by atoms with Crippen LogP contribution in [0.1, 0.15) is 6.42 Å². The van der Waals surface area contributed by atoms with Crippen molar-refractivity contribution in [2.75, 3.05) is 31.3 Å². The van der Waals surface area contributed by atoms with E-state index in [1.807, 2.05) is 0 Å². The van der Waals surface area contributed by atoms with Crippen LogP contribution in [0, 0.1) is 0 Å². The van der Waals surface area contributed by atoms with Crippen LogP contribution >= 0.6 is 0 Å². The van der Waals surface area contributed by atoms with E-state index in [9.17, 15) is 13.2 Å². The molecule has 0 saturated heterocycles. The van der Waals surface area contributed by atoms with Gasteiger partial charge in [0.2, 0.25) is 11.9 Å². The van der Waals surface area contributed by atoms with E-state index in [0.29, 0.717) is 0 Å². The largest absolute Gasteiger partial charge is 0.467 e. The second-order valence-corrected chi connectivity index (χ2v) is 3.01. The lowest BCUT2D eigenvalue weighted by Gasteiger charge is -2.09. The van der Waals surface area contributed by atoms with Gasteiger partial charge in [-0.1, -0.05) is 0 Å². The summed E-state index contributed by atoms with van der Waals surface area (Å²) in [5.74, 6) is 0.247. The van der Waals surface area contributed by atoms with Gasteiger partial charge in [-0.05, 0) is 0 Å². The fraction of sp³-hybridized carbons (Fsp3) is 0.625. The smallest absolute Gasteiger partial charge is 0.390 e. The van der Waals surface area contributed by atoms with Gasteiger partial charge in [0, 0.05) is 13.6 Å². The van der Waals surface area contributed by atoms with Crippen molar-refractivity contribution < 1.29 is 17.9 Å². The van der Waals surface area contributed by atoms with Crippen molar-refractivity contribution in [3.8, 4) is 6.01 Å². The molecule has 17 heavy (non-hydrogen) atoms. The molecule has 0 radical (unpaired) electrons. The lowest BCUT2D eigenvalue weighted by molar-refractivity contribution is -0.131. The molecule has 1 rings (SSSR count). The Morgan fingerprint density at radius 2 is 1.82 bits per heavy atom. The average molecular weight is 251 g/mol. The van der Waals surface area contributed by atoms with Gasteiger partial charge in [-0.3, -0.25) is 0 Å². The van der Waals surface area contributed by atoms with E-state index >= 15 is 0 Å². The van der Waals surface area contributed by atoms with Gasteiger partial charge in [-0.25, -0.2) is 0 Å². The molecule has 2 N–H and O–H groups in total. The van der Waals surface area contributed by atoms with Crippen LogP contribution in [0.25, 0.3) is 0 Å². The lowest BCUT2D eigenvalue weighted by atomic mass is 10.4. The summed E-state index contributed by atoms with van der Waals surface area (Å²) < 4.78 is 40.5. The predicted octanol–water partition coefficient (Wildman–Crippen LogP) is 1.29. The minimum atomic E-state index is -4.21. The normalized spacial score (nSPS) is 11.1.